The summed E-state index contributed by atoms with van der Waals surface area (Å²) in [5.74, 6) is 0.426. The second-order valence-electron chi connectivity index (χ2n) is 4.04. The van der Waals surface area contributed by atoms with Crippen molar-refractivity contribution in [1.29, 1.82) is 0 Å². The van der Waals surface area contributed by atoms with Gasteiger partial charge >= 0.3 is 0 Å². The Bertz CT molecular complexity index is 503. The molecule has 0 aliphatic heterocycles. The minimum absolute atomic E-state index is 0.426. The first-order valence-electron chi connectivity index (χ1n) is 5.19. The van der Waals surface area contributed by atoms with E-state index < -0.39 is 0 Å². The van der Waals surface area contributed by atoms with E-state index in [4.69, 9.17) is 5.73 Å². The van der Waals surface area contributed by atoms with Gasteiger partial charge in [-0.15, -0.1) is 0 Å². The Morgan fingerprint density at radius 3 is 2.69 bits per heavy atom. The third-order valence-corrected chi connectivity index (χ3v) is 2.93. The average molecular weight is 280 g/mol. The smallest absolute Gasteiger partial charge is 0.0886 e. The van der Waals surface area contributed by atoms with E-state index in [1.165, 1.54) is 0 Å². The highest BCUT2D eigenvalue weighted by Gasteiger charge is 2.07. The van der Waals surface area contributed by atoms with Crippen molar-refractivity contribution in [2.24, 2.45) is 0 Å². The summed E-state index contributed by atoms with van der Waals surface area (Å²) in [7, 11) is 0. The molecule has 0 saturated heterocycles. The lowest BCUT2D eigenvalue weighted by Crippen LogP contribution is -2.01. The molecule has 0 aliphatic rings. The summed E-state index contributed by atoms with van der Waals surface area (Å²) in [6, 6.07) is 7.78. The monoisotopic (exact) mass is 279 g/mol. The highest BCUT2D eigenvalue weighted by atomic mass is 79.9. The van der Waals surface area contributed by atoms with E-state index in [1.54, 1.807) is 0 Å². The van der Waals surface area contributed by atoms with Gasteiger partial charge in [0, 0.05) is 10.7 Å². The van der Waals surface area contributed by atoms with Crippen molar-refractivity contribution in [3.63, 3.8) is 0 Å². The number of aromatic nitrogens is 2. The lowest BCUT2D eigenvalue weighted by Gasteiger charge is -2.06. The second-order valence-corrected chi connectivity index (χ2v) is 4.96. The summed E-state index contributed by atoms with van der Waals surface area (Å²) in [5, 5.41) is 4.50. The maximum absolute atomic E-state index is 5.93. The van der Waals surface area contributed by atoms with Crippen LogP contribution in [0.5, 0.6) is 0 Å². The molecule has 4 heteroatoms. The fourth-order valence-electron chi connectivity index (χ4n) is 1.50. The second kappa shape index (κ2) is 4.29. The molecular formula is C12H14BrN3. The summed E-state index contributed by atoms with van der Waals surface area (Å²) in [6.07, 6.45) is 1.94. The van der Waals surface area contributed by atoms with Gasteiger partial charge in [0.25, 0.3) is 0 Å². The topological polar surface area (TPSA) is 43.8 Å². The molecule has 0 spiro atoms. The van der Waals surface area contributed by atoms with Crippen LogP contribution in [-0.4, -0.2) is 9.78 Å². The number of benzene rings is 1. The van der Waals surface area contributed by atoms with Crippen LogP contribution < -0.4 is 5.73 Å². The number of nitrogens with two attached hydrogens (primary N) is 1. The number of hydrogen-bond donors (Lipinski definition) is 1. The van der Waals surface area contributed by atoms with Crippen LogP contribution in [-0.2, 0) is 0 Å². The van der Waals surface area contributed by atoms with Gasteiger partial charge < -0.3 is 5.73 Å². The molecule has 0 fully saturated rings. The van der Waals surface area contributed by atoms with Gasteiger partial charge in [0.15, 0.2) is 0 Å². The van der Waals surface area contributed by atoms with Crippen molar-refractivity contribution >= 4 is 21.6 Å². The van der Waals surface area contributed by atoms with Crippen LogP contribution in [0.1, 0.15) is 25.5 Å². The number of halogens is 1. The van der Waals surface area contributed by atoms with Crippen molar-refractivity contribution in [2.75, 3.05) is 5.73 Å². The fourth-order valence-corrected chi connectivity index (χ4v) is 1.84. The minimum atomic E-state index is 0.426. The maximum Gasteiger partial charge on any atom is 0.0886 e. The van der Waals surface area contributed by atoms with Crippen molar-refractivity contribution in [2.45, 2.75) is 19.8 Å². The van der Waals surface area contributed by atoms with Crippen LogP contribution in [0, 0.1) is 0 Å². The first-order valence-corrected chi connectivity index (χ1v) is 5.98. The summed E-state index contributed by atoms with van der Waals surface area (Å²) >= 11 is 3.43. The molecule has 1 aromatic heterocycles. The van der Waals surface area contributed by atoms with Gasteiger partial charge in [-0.1, -0.05) is 29.8 Å². The quantitative estimate of drug-likeness (QED) is 0.857. The first kappa shape index (κ1) is 11.2. The SMILES string of the molecule is CC(C)c1ccn(-c2cc(Br)ccc2N)n1. The number of nitrogen functional groups attached to an aromatic ring is 1. The van der Waals surface area contributed by atoms with Crippen LogP contribution in [0.25, 0.3) is 5.69 Å². The van der Waals surface area contributed by atoms with Gasteiger partial charge in [-0.2, -0.15) is 5.10 Å². The number of hydrogen-bond acceptors (Lipinski definition) is 2. The number of nitrogens with zero attached hydrogens (tertiary/aromatic N) is 2. The van der Waals surface area contributed by atoms with Gasteiger partial charge in [-0.05, 0) is 30.2 Å². The summed E-state index contributed by atoms with van der Waals surface area (Å²) < 4.78 is 2.81. The Balaban J connectivity index is 2.46. The predicted octanol–water partition coefficient (Wildman–Crippen LogP) is 3.34. The van der Waals surface area contributed by atoms with Crippen molar-refractivity contribution in [3.8, 4) is 5.69 Å². The molecular weight excluding hydrogens is 266 g/mol. The average Bonchev–Trinajstić information content (AvgIpc) is 2.70. The lowest BCUT2D eigenvalue weighted by atomic mass is 10.1. The van der Waals surface area contributed by atoms with E-state index in [2.05, 4.69) is 34.9 Å². The highest BCUT2D eigenvalue weighted by molar-refractivity contribution is 9.10. The van der Waals surface area contributed by atoms with Crippen LogP contribution in [0.3, 0.4) is 0 Å². The van der Waals surface area contributed by atoms with Gasteiger partial charge in [0.2, 0.25) is 0 Å². The predicted molar refractivity (Wildman–Crippen MR) is 69.8 cm³/mol. The highest BCUT2D eigenvalue weighted by Crippen LogP contribution is 2.22. The van der Waals surface area contributed by atoms with E-state index in [1.807, 2.05) is 35.1 Å². The molecule has 0 saturated carbocycles. The van der Waals surface area contributed by atoms with Gasteiger partial charge in [0.05, 0.1) is 17.1 Å². The van der Waals surface area contributed by atoms with E-state index in [-0.39, 0.29) is 0 Å². The Labute approximate surface area is 103 Å². The van der Waals surface area contributed by atoms with Crippen LogP contribution in [0.15, 0.2) is 34.9 Å². The Kier molecular flexibility index (Phi) is 3.01. The zero-order chi connectivity index (χ0) is 11.7. The molecule has 0 radical (unpaired) electrons. The third kappa shape index (κ3) is 2.11. The summed E-state index contributed by atoms with van der Waals surface area (Å²) in [5.41, 5.74) is 8.62. The van der Waals surface area contributed by atoms with Crippen molar-refractivity contribution < 1.29 is 0 Å². The van der Waals surface area contributed by atoms with E-state index in [0.29, 0.717) is 5.92 Å². The zero-order valence-corrected chi connectivity index (χ0v) is 10.9. The molecule has 16 heavy (non-hydrogen) atoms. The lowest BCUT2D eigenvalue weighted by molar-refractivity contribution is 0.769. The molecule has 84 valence electrons. The van der Waals surface area contributed by atoms with Crippen molar-refractivity contribution in [1.82, 2.24) is 9.78 Å². The normalized spacial score (nSPS) is 11.0. The van der Waals surface area contributed by atoms with E-state index in [9.17, 15) is 0 Å². The maximum atomic E-state index is 5.93. The molecule has 0 bridgehead atoms. The van der Waals surface area contributed by atoms with Gasteiger partial charge in [-0.3, -0.25) is 0 Å². The first-order chi connectivity index (χ1) is 7.58. The molecule has 0 aliphatic carbocycles. The van der Waals surface area contributed by atoms with Crippen molar-refractivity contribution in [3.05, 3.63) is 40.6 Å². The molecule has 0 unspecified atom stereocenters. The van der Waals surface area contributed by atoms with Crippen LogP contribution in [0.4, 0.5) is 5.69 Å². The van der Waals surface area contributed by atoms with Crippen LogP contribution >= 0.6 is 15.9 Å². The number of rotatable bonds is 2. The van der Waals surface area contributed by atoms with Gasteiger partial charge in [-0.25, -0.2) is 4.68 Å². The van der Waals surface area contributed by atoms with E-state index >= 15 is 0 Å². The molecule has 2 aromatic rings. The molecule has 0 atom stereocenters. The molecule has 3 nitrogen and oxygen atoms in total. The third-order valence-electron chi connectivity index (χ3n) is 2.44. The standard InChI is InChI=1S/C12H14BrN3/c1-8(2)11-5-6-16(15-11)12-7-9(13)3-4-10(12)14/h3-8H,14H2,1-2H3. The molecule has 1 heterocycles. The summed E-state index contributed by atoms with van der Waals surface area (Å²) in [4.78, 5) is 0. The fraction of sp³-hybridized carbons (Fsp3) is 0.250. The minimum Gasteiger partial charge on any atom is -0.397 e. The molecule has 2 rings (SSSR count). The molecule has 1 aromatic carbocycles. The molecule has 0 amide bonds. The summed E-state index contributed by atoms with van der Waals surface area (Å²) in [6.45, 7) is 4.24. The Morgan fingerprint density at radius 1 is 1.31 bits per heavy atom. The Morgan fingerprint density at radius 2 is 2.06 bits per heavy atom. The number of anilines is 1. The molecule has 2 N–H and O–H groups in total. The van der Waals surface area contributed by atoms with Gasteiger partial charge in [0.1, 0.15) is 0 Å². The van der Waals surface area contributed by atoms with Crippen LogP contribution in [0.2, 0.25) is 0 Å². The Hall–Kier alpha value is -1.29. The largest absolute Gasteiger partial charge is 0.397 e. The zero-order valence-electron chi connectivity index (χ0n) is 9.31. The van der Waals surface area contributed by atoms with E-state index in [0.717, 1.165) is 21.5 Å².